The lowest BCUT2D eigenvalue weighted by molar-refractivity contribution is -0.128. The zero-order chi connectivity index (χ0) is 17.2. The first-order chi connectivity index (χ1) is 11.7. The zero-order valence-corrected chi connectivity index (χ0v) is 14.0. The number of benzene rings is 2. The van der Waals surface area contributed by atoms with Gasteiger partial charge < -0.3 is 4.84 Å². The summed E-state index contributed by atoms with van der Waals surface area (Å²) in [5, 5.41) is 0. The first-order valence-electron chi connectivity index (χ1n) is 7.20. The van der Waals surface area contributed by atoms with E-state index in [0.29, 0.717) is 22.8 Å². The van der Waals surface area contributed by atoms with Crippen LogP contribution in [0.4, 0.5) is 0 Å². The standard InChI is InChI=1S/C17H18N2O4S/c1-22-18-16(20)12-24-11-13-6-5-9-15(10-13)23-19-17(21)14-7-3-2-4-8-14/h2-10H,11-12H2,1H3,(H,18,20)(H,19,21). The largest absolute Gasteiger partial charge is 0.379 e. The van der Waals surface area contributed by atoms with E-state index in [1.165, 1.54) is 18.9 Å². The molecule has 0 bridgehead atoms. The van der Waals surface area contributed by atoms with E-state index in [4.69, 9.17) is 4.84 Å². The highest BCUT2D eigenvalue weighted by Gasteiger charge is 2.06. The fourth-order valence-electron chi connectivity index (χ4n) is 1.86. The van der Waals surface area contributed by atoms with Gasteiger partial charge >= 0.3 is 0 Å². The van der Waals surface area contributed by atoms with Crippen molar-refractivity contribution in [2.45, 2.75) is 5.75 Å². The van der Waals surface area contributed by atoms with Gasteiger partial charge in [0.25, 0.3) is 11.8 Å². The Morgan fingerprint density at radius 2 is 1.83 bits per heavy atom. The number of amides is 2. The lowest BCUT2D eigenvalue weighted by Crippen LogP contribution is -2.26. The van der Waals surface area contributed by atoms with Crippen LogP contribution in [0.3, 0.4) is 0 Å². The molecule has 0 unspecified atom stereocenters. The average Bonchev–Trinajstić information content (AvgIpc) is 2.61. The van der Waals surface area contributed by atoms with Crippen LogP contribution in [0.15, 0.2) is 54.6 Å². The number of hydroxylamine groups is 2. The molecule has 0 heterocycles. The van der Waals surface area contributed by atoms with E-state index in [1.54, 1.807) is 30.3 Å². The Morgan fingerprint density at radius 3 is 2.58 bits per heavy atom. The van der Waals surface area contributed by atoms with Crippen LogP contribution in [0.2, 0.25) is 0 Å². The molecule has 6 nitrogen and oxygen atoms in total. The maximum atomic E-state index is 11.9. The van der Waals surface area contributed by atoms with Gasteiger partial charge in [0.1, 0.15) is 0 Å². The summed E-state index contributed by atoms with van der Waals surface area (Å²) in [6.45, 7) is 0. The monoisotopic (exact) mass is 346 g/mol. The number of hydrogen-bond donors (Lipinski definition) is 2. The second-order valence-corrected chi connectivity index (χ2v) is 5.75. The van der Waals surface area contributed by atoms with Crippen LogP contribution in [0.5, 0.6) is 5.75 Å². The van der Waals surface area contributed by atoms with Crippen LogP contribution < -0.4 is 15.8 Å². The third-order valence-electron chi connectivity index (χ3n) is 2.91. The van der Waals surface area contributed by atoms with E-state index in [0.717, 1.165) is 5.56 Å². The van der Waals surface area contributed by atoms with E-state index in [1.807, 2.05) is 24.3 Å². The quantitative estimate of drug-likeness (QED) is 0.718. The smallest absolute Gasteiger partial charge is 0.283 e. The molecule has 2 N–H and O–H groups in total. The van der Waals surface area contributed by atoms with Crippen molar-refractivity contribution in [1.29, 1.82) is 0 Å². The van der Waals surface area contributed by atoms with E-state index in [-0.39, 0.29) is 11.8 Å². The van der Waals surface area contributed by atoms with Gasteiger partial charge in [-0.05, 0) is 29.8 Å². The number of carbonyl (C=O) groups excluding carboxylic acids is 2. The van der Waals surface area contributed by atoms with Crippen LogP contribution in [0.1, 0.15) is 15.9 Å². The molecule has 24 heavy (non-hydrogen) atoms. The average molecular weight is 346 g/mol. The highest BCUT2D eigenvalue weighted by molar-refractivity contribution is 7.99. The summed E-state index contributed by atoms with van der Waals surface area (Å²) in [5.74, 6) is 0.959. The summed E-state index contributed by atoms with van der Waals surface area (Å²) in [5.41, 5.74) is 6.17. The molecule has 0 aliphatic carbocycles. The molecule has 0 saturated heterocycles. The van der Waals surface area contributed by atoms with Gasteiger partial charge in [0.15, 0.2) is 5.75 Å². The van der Waals surface area contributed by atoms with E-state index >= 15 is 0 Å². The Balaban J connectivity index is 1.82. The Hall–Kier alpha value is -2.51. The van der Waals surface area contributed by atoms with E-state index in [2.05, 4.69) is 15.8 Å². The Morgan fingerprint density at radius 1 is 1.04 bits per heavy atom. The molecule has 0 saturated carbocycles. The third kappa shape index (κ3) is 5.94. The van der Waals surface area contributed by atoms with Crippen molar-refractivity contribution in [3.05, 3.63) is 65.7 Å². The molecule has 2 aromatic carbocycles. The number of nitrogens with one attached hydrogen (secondary N) is 2. The maximum absolute atomic E-state index is 11.9. The third-order valence-corrected chi connectivity index (χ3v) is 3.92. The first-order valence-corrected chi connectivity index (χ1v) is 8.35. The Kier molecular flexibility index (Phi) is 7.13. The van der Waals surface area contributed by atoms with E-state index < -0.39 is 0 Å². The van der Waals surface area contributed by atoms with Crippen LogP contribution in [-0.2, 0) is 15.4 Å². The number of thioether (sulfide) groups is 1. The molecule has 2 aromatic rings. The minimum atomic E-state index is -0.313. The van der Waals surface area contributed by atoms with E-state index in [9.17, 15) is 9.59 Å². The van der Waals surface area contributed by atoms with Gasteiger partial charge in [0, 0.05) is 11.3 Å². The number of hydrogen-bond acceptors (Lipinski definition) is 5. The van der Waals surface area contributed by atoms with Crippen LogP contribution in [0.25, 0.3) is 0 Å². The fourth-order valence-corrected chi connectivity index (χ4v) is 2.62. The van der Waals surface area contributed by atoms with Crippen molar-refractivity contribution in [2.24, 2.45) is 0 Å². The summed E-state index contributed by atoms with van der Waals surface area (Å²) < 4.78 is 0. The van der Waals surface area contributed by atoms with Crippen molar-refractivity contribution in [3.8, 4) is 5.75 Å². The first kappa shape index (κ1) is 17.8. The summed E-state index contributed by atoms with van der Waals surface area (Å²) in [7, 11) is 1.40. The molecule has 126 valence electrons. The highest BCUT2D eigenvalue weighted by atomic mass is 32.2. The van der Waals surface area contributed by atoms with Gasteiger partial charge in [0.05, 0.1) is 12.9 Å². The second kappa shape index (κ2) is 9.59. The van der Waals surface area contributed by atoms with Crippen molar-refractivity contribution in [2.75, 3.05) is 12.9 Å². The summed E-state index contributed by atoms with van der Waals surface area (Å²) >= 11 is 1.45. The number of rotatable bonds is 8. The maximum Gasteiger partial charge on any atom is 0.283 e. The number of carbonyl (C=O) groups is 2. The summed E-state index contributed by atoms with van der Waals surface area (Å²) in [6, 6.07) is 16.1. The molecule has 0 fully saturated rings. The molecular formula is C17H18N2O4S. The topological polar surface area (TPSA) is 76.7 Å². The lowest BCUT2D eigenvalue weighted by atomic mass is 10.2. The molecule has 7 heteroatoms. The van der Waals surface area contributed by atoms with Crippen LogP contribution >= 0.6 is 11.8 Å². The van der Waals surface area contributed by atoms with Gasteiger partial charge in [-0.25, -0.2) is 5.48 Å². The molecule has 2 rings (SSSR count). The zero-order valence-electron chi connectivity index (χ0n) is 13.2. The Labute approximate surface area is 144 Å². The van der Waals surface area contributed by atoms with Crippen molar-refractivity contribution in [1.82, 2.24) is 11.0 Å². The van der Waals surface area contributed by atoms with Gasteiger partial charge in [-0.2, -0.15) is 5.48 Å². The SMILES string of the molecule is CONC(=O)CSCc1cccc(ONC(=O)c2ccccc2)c1. The minimum absolute atomic E-state index is 0.190. The van der Waals surface area contributed by atoms with Crippen LogP contribution in [0, 0.1) is 0 Å². The van der Waals surface area contributed by atoms with Crippen molar-refractivity contribution < 1.29 is 19.3 Å². The molecule has 0 aliphatic rings. The lowest BCUT2D eigenvalue weighted by Gasteiger charge is -2.08. The molecule has 0 atom stereocenters. The molecule has 2 amide bonds. The second-order valence-electron chi connectivity index (χ2n) is 4.77. The van der Waals surface area contributed by atoms with Gasteiger partial charge in [-0.1, -0.05) is 30.3 Å². The van der Waals surface area contributed by atoms with Gasteiger partial charge in [-0.3, -0.25) is 14.4 Å². The van der Waals surface area contributed by atoms with Gasteiger partial charge in [-0.15, -0.1) is 11.8 Å². The molecule has 0 radical (unpaired) electrons. The minimum Gasteiger partial charge on any atom is -0.379 e. The summed E-state index contributed by atoms with van der Waals surface area (Å²) in [6.07, 6.45) is 0. The normalized spacial score (nSPS) is 10.0. The molecule has 0 spiro atoms. The molecule has 0 aliphatic heterocycles. The predicted octanol–water partition coefficient (Wildman–Crippen LogP) is 2.32. The highest BCUT2D eigenvalue weighted by Crippen LogP contribution is 2.17. The van der Waals surface area contributed by atoms with Crippen LogP contribution in [-0.4, -0.2) is 24.7 Å². The van der Waals surface area contributed by atoms with Crippen molar-refractivity contribution in [3.63, 3.8) is 0 Å². The van der Waals surface area contributed by atoms with Crippen molar-refractivity contribution >= 4 is 23.6 Å². The predicted molar refractivity (Wildman–Crippen MR) is 92.3 cm³/mol. The Bertz CT molecular complexity index is 679. The fraction of sp³-hybridized carbons (Fsp3) is 0.176. The summed E-state index contributed by atoms with van der Waals surface area (Å²) in [4.78, 5) is 33.1. The molecular weight excluding hydrogens is 328 g/mol. The van der Waals surface area contributed by atoms with Gasteiger partial charge in [0.2, 0.25) is 0 Å². The molecule has 0 aromatic heterocycles.